The van der Waals surface area contributed by atoms with Crippen LogP contribution in [0.2, 0.25) is 0 Å². The molecular formula is C18H21N3O. The lowest BCUT2D eigenvalue weighted by molar-refractivity contribution is 0.281. The summed E-state index contributed by atoms with van der Waals surface area (Å²) in [7, 11) is 4.14. The molecule has 0 aliphatic heterocycles. The zero-order valence-corrected chi connectivity index (χ0v) is 13.0. The third-order valence-electron chi connectivity index (χ3n) is 3.54. The molecule has 3 rings (SSSR count). The van der Waals surface area contributed by atoms with Gasteiger partial charge in [-0.25, -0.2) is 4.98 Å². The fourth-order valence-corrected chi connectivity index (χ4v) is 2.37. The molecule has 0 radical (unpaired) electrons. The van der Waals surface area contributed by atoms with Crippen molar-refractivity contribution in [1.29, 1.82) is 0 Å². The van der Waals surface area contributed by atoms with E-state index in [2.05, 4.69) is 29.0 Å². The van der Waals surface area contributed by atoms with E-state index in [1.807, 2.05) is 48.5 Å². The predicted molar refractivity (Wildman–Crippen MR) is 90.2 cm³/mol. The maximum atomic E-state index is 5.75. The zero-order chi connectivity index (χ0) is 15.4. The largest absolute Gasteiger partial charge is 0.494 e. The van der Waals surface area contributed by atoms with Gasteiger partial charge >= 0.3 is 0 Å². The van der Waals surface area contributed by atoms with E-state index in [1.165, 1.54) is 0 Å². The maximum absolute atomic E-state index is 5.75. The lowest BCUT2D eigenvalue weighted by atomic mass is 10.2. The number of hydrogen-bond donors (Lipinski definition) is 1. The van der Waals surface area contributed by atoms with Crippen molar-refractivity contribution in [2.45, 2.75) is 6.42 Å². The third-order valence-corrected chi connectivity index (χ3v) is 3.54. The molecule has 3 aromatic rings. The quantitative estimate of drug-likeness (QED) is 0.707. The third kappa shape index (κ3) is 3.46. The summed E-state index contributed by atoms with van der Waals surface area (Å²) in [6, 6.07) is 16.1. The van der Waals surface area contributed by atoms with Crippen molar-refractivity contribution in [3.05, 3.63) is 48.5 Å². The number of H-pyrrole nitrogens is 1. The van der Waals surface area contributed by atoms with Gasteiger partial charge in [-0.1, -0.05) is 12.1 Å². The van der Waals surface area contributed by atoms with Gasteiger partial charge in [-0.2, -0.15) is 0 Å². The number of imidazole rings is 1. The smallest absolute Gasteiger partial charge is 0.138 e. The van der Waals surface area contributed by atoms with E-state index in [-0.39, 0.29) is 0 Å². The van der Waals surface area contributed by atoms with Gasteiger partial charge in [0.25, 0.3) is 0 Å². The summed E-state index contributed by atoms with van der Waals surface area (Å²) >= 11 is 0. The number of aromatic nitrogens is 2. The second-order valence-corrected chi connectivity index (χ2v) is 5.63. The van der Waals surface area contributed by atoms with Crippen LogP contribution in [0.4, 0.5) is 0 Å². The Balaban J connectivity index is 1.66. The minimum atomic E-state index is 0.738. The van der Waals surface area contributed by atoms with Gasteiger partial charge in [-0.3, -0.25) is 0 Å². The van der Waals surface area contributed by atoms with E-state index in [9.17, 15) is 0 Å². The highest BCUT2D eigenvalue weighted by molar-refractivity contribution is 5.79. The van der Waals surface area contributed by atoms with Crippen molar-refractivity contribution in [1.82, 2.24) is 14.9 Å². The first-order valence-electron chi connectivity index (χ1n) is 7.55. The monoisotopic (exact) mass is 295 g/mol. The molecule has 22 heavy (non-hydrogen) atoms. The standard InChI is InChI=1S/C18H21N3O/c1-21(2)12-5-13-22-15-10-8-14(9-11-15)18-19-16-6-3-4-7-17(16)20-18/h3-4,6-11H,5,12-13H2,1-2H3,(H,19,20). The van der Waals surface area contributed by atoms with Crippen molar-refractivity contribution in [2.24, 2.45) is 0 Å². The van der Waals surface area contributed by atoms with Crippen LogP contribution in [-0.4, -0.2) is 42.1 Å². The molecule has 1 aromatic heterocycles. The van der Waals surface area contributed by atoms with E-state index in [4.69, 9.17) is 4.74 Å². The van der Waals surface area contributed by atoms with Gasteiger partial charge in [0.05, 0.1) is 17.6 Å². The highest BCUT2D eigenvalue weighted by atomic mass is 16.5. The number of nitrogens with zero attached hydrogens (tertiary/aromatic N) is 2. The Kier molecular flexibility index (Phi) is 4.39. The molecule has 0 unspecified atom stereocenters. The van der Waals surface area contributed by atoms with Crippen LogP contribution in [-0.2, 0) is 0 Å². The zero-order valence-electron chi connectivity index (χ0n) is 13.0. The van der Waals surface area contributed by atoms with Gasteiger partial charge in [0, 0.05) is 12.1 Å². The van der Waals surface area contributed by atoms with Gasteiger partial charge in [-0.15, -0.1) is 0 Å². The summed E-state index contributed by atoms with van der Waals surface area (Å²) in [4.78, 5) is 10.1. The average Bonchev–Trinajstić information content (AvgIpc) is 2.96. The van der Waals surface area contributed by atoms with Crippen LogP contribution in [0.5, 0.6) is 5.75 Å². The SMILES string of the molecule is CN(C)CCCOc1ccc(-c2nc3ccccc3[nH]2)cc1. The molecule has 2 aromatic carbocycles. The fourth-order valence-electron chi connectivity index (χ4n) is 2.37. The molecule has 0 fully saturated rings. The fraction of sp³-hybridized carbons (Fsp3) is 0.278. The number of hydrogen-bond acceptors (Lipinski definition) is 3. The van der Waals surface area contributed by atoms with Crippen molar-refractivity contribution in [3.8, 4) is 17.1 Å². The Labute approximate surface area is 130 Å². The Morgan fingerprint density at radius 2 is 1.82 bits per heavy atom. The first kappa shape index (κ1) is 14.6. The van der Waals surface area contributed by atoms with Gasteiger partial charge in [-0.05, 0) is 56.9 Å². The molecule has 4 heteroatoms. The predicted octanol–water partition coefficient (Wildman–Crippen LogP) is 3.56. The van der Waals surface area contributed by atoms with E-state index in [0.717, 1.165) is 47.7 Å². The molecule has 114 valence electrons. The number of aromatic amines is 1. The van der Waals surface area contributed by atoms with Crippen LogP contribution in [0.1, 0.15) is 6.42 Å². The molecular weight excluding hydrogens is 274 g/mol. The minimum absolute atomic E-state index is 0.738. The molecule has 1 N–H and O–H groups in total. The van der Waals surface area contributed by atoms with Crippen LogP contribution in [0.3, 0.4) is 0 Å². The lowest BCUT2D eigenvalue weighted by Crippen LogP contribution is -2.15. The molecule has 0 saturated carbocycles. The van der Waals surface area contributed by atoms with Crippen molar-refractivity contribution >= 4 is 11.0 Å². The molecule has 1 heterocycles. The summed E-state index contributed by atoms with van der Waals surface area (Å²) in [6.07, 6.45) is 1.03. The van der Waals surface area contributed by atoms with Crippen LogP contribution in [0.25, 0.3) is 22.4 Å². The van der Waals surface area contributed by atoms with Crippen LogP contribution >= 0.6 is 0 Å². The van der Waals surface area contributed by atoms with Crippen LogP contribution in [0, 0.1) is 0 Å². The van der Waals surface area contributed by atoms with Crippen molar-refractivity contribution < 1.29 is 4.74 Å². The molecule has 4 nitrogen and oxygen atoms in total. The molecule has 0 amide bonds. The van der Waals surface area contributed by atoms with E-state index < -0.39 is 0 Å². The maximum Gasteiger partial charge on any atom is 0.138 e. The number of fused-ring (bicyclic) bond motifs is 1. The second kappa shape index (κ2) is 6.62. The summed E-state index contributed by atoms with van der Waals surface area (Å²) in [5, 5.41) is 0. The van der Waals surface area contributed by atoms with Gasteiger partial charge in [0.15, 0.2) is 0 Å². The van der Waals surface area contributed by atoms with Gasteiger partial charge < -0.3 is 14.6 Å². The molecule has 0 aliphatic carbocycles. The van der Waals surface area contributed by atoms with Gasteiger partial charge in [0.1, 0.15) is 11.6 Å². The molecule has 0 atom stereocenters. The number of para-hydroxylation sites is 2. The van der Waals surface area contributed by atoms with Gasteiger partial charge in [0.2, 0.25) is 0 Å². The molecule has 0 spiro atoms. The summed E-state index contributed by atoms with van der Waals surface area (Å²) in [6.45, 7) is 1.78. The first-order chi connectivity index (χ1) is 10.7. The highest BCUT2D eigenvalue weighted by Crippen LogP contribution is 2.22. The Hall–Kier alpha value is -2.33. The molecule has 0 aliphatic rings. The lowest BCUT2D eigenvalue weighted by Gasteiger charge is -2.10. The Morgan fingerprint density at radius 3 is 2.55 bits per heavy atom. The van der Waals surface area contributed by atoms with Crippen molar-refractivity contribution in [2.75, 3.05) is 27.2 Å². The number of rotatable bonds is 6. The number of nitrogens with one attached hydrogen (secondary N) is 1. The Bertz CT molecular complexity index is 698. The van der Waals surface area contributed by atoms with E-state index >= 15 is 0 Å². The average molecular weight is 295 g/mol. The summed E-state index contributed by atoms with van der Waals surface area (Å²) in [5.74, 6) is 1.79. The van der Waals surface area contributed by atoms with Crippen LogP contribution < -0.4 is 4.74 Å². The van der Waals surface area contributed by atoms with E-state index in [1.54, 1.807) is 0 Å². The first-order valence-corrected chi connectivity index (χ1v) is 7.55. The van der Waals surface area contributed by atoms with Crippen LogP contribution in [0.15, 0.2) is 48.5 Å². The minimum Gasteiger partial charge on any atom is -0.494 e. The summed E-state index contributed by atoms with van der Waals surface area (Å²) in [5.41, 5.74) is 3.11. The highest BCUT2D eigenvalue weighted by Gasteiger charge is 2.05. The topological polar surface area (TPSA) is 41.1 Å². The normalized spacial score (nSPS) is 11.2. The molecule has 0 bridgehead atoms. The second-order valence-electron chi connectivity index (χ2n) is 5.63. The molecule has 0 saturated heterocycles. The van der Waals surface area contributed by atoms with E-state index in [0.29, 0.717) is 0 Å². The summed E-state index contributed by atoms with van der Waals surface area (Å²) < 4.78 is 5.75. The number of benzene rings is 2. The number of ether oxygens (including phenoxy) is 1. The Morgan fingerprint density at radius 1 is 1.05 bits per heavy atom. The van der Waals surface area contributed by atoms with Crippen molar-refractivity contribution in [3.63, 3.8) is 0 Å².